The zero-order valence-corrected chi connectivity index (χ0v) is 12.9. The second-order valence-corrected chi connectivity index (χ2v) is 5.37. The van der Waals surface area contributed by atoms with Crippen LogP contribution in [0.4, 0.5) is 4.39 Å². The summed E-state index contributed by atoms with van der Waals surface area (Å²) >= 11 is 0. The first-order valence-electron chi connectivity index (χ1n) is 7.52. The van der Waals surface area contributed by atoms with Crippen LogP contribution in [-0.4, -0.2) is 39.0 Å². The summed E-state index contributed by atoms with van der Waals surface area (Å²) in [5.41, 5.74) is 1.83. The minimum Gasteiger partial charge on any atom is -0.395 e. The van der Waals surface area contributed by atoms with Crippen LogP contribution in [0.1, 0.15) is 15.9 Å². The molecule has 6 heteroatoms. The van der Waals surface area contributed by atoms with Gasteiger partial charge in [-0.2, -0.15) is 0 Å². The molecule has 0 aliphatic heterocycles. The number of pyridine rings is 2. The molecule has 0 atom stereocenters. The van der Waals surface area contributed by atoms with Gasteiger partial charge in [-0.3, -0.25) is 14.8 Å². The van der Waals surface area contributed by atoms with Gasteiger partial charge >= 0.3 is 0 Å². The molecule has 1 aromatic carbocycles. The van der Waals surface area contributed by atoms with Crippen LogP contribution in [0.25, 0.3) is 10.9 Å². The van der Waals surface area contributed by atoms with E-state index in [1.807, 2.05) is 6.07 Å². The summed E-state index contributed by atoms with van der Waals surface area (Å²) < 4.78 is 13.4. The third-order valence-electron chi connectivity index (χ3n) is 3.64. The molecule has 122 valence electrons. The van der Waals surface area contributed by atoms with E-state index in [0.29, 0.717) is 23.0 Å². The Morgan fingerprint density at radius 3 is 2.83 bits per heavy atom. The monoisotopic (exact) mass is 325 g/mol. The number of hydrogen-bond acceptors (Lipinski definition) is 4. The molecule has 0 saturated carbocycles. The maximum Gasteiger partial charge on any atom is 0.255 e. The molecule has 0 unspecified atom stereocenters. The van der Waals surface area contributed by atoms with Gasteiger partial charge in [-0.1, -0.05) is 6.07 Å². The Labute approximate surface area is 138 Å². The van der Waals surface area contributed by atoms with Crippen molar-refractivity contribution in [3.63, 3.8) is 0 Å². The second kappa shape index (κ2) is 7.14. The van der Waals surface area contributed by atoms with Crippen molar-refractivity contribution < 1.29 is 14.3 Å². The third-order valence-corrected chi connectivity index (χ3v) is 3.64. The summed E-state index contributed by atoms with van der Waals surface area (Å²) in [5, 5.41) is 9.81. The fraction of sp³-hybridized carbons (Fsp3) is 0.167. The first-order valence-corrected chi connectivity index (χ1v) is 7.52. The van der Waals surface area contributed by atoms with Crippen molar-refractivity contribution in [2.24, 2.45) is 0 Å². The average Bonchev–Trinajstić information content (AvgIpc) is 2.61. The SMILES string of the molecule is O=C(c1cnc2ccc(F)cc2c1)N(CCO)Cc1cccnc1. The number of benzene rings is 1. The molecule has 3 aromatic rings. The molecule has 1 N–H and O–H groups in total. The van der Waals surface area contributed by atoms with Crippen LogP contribution in [0.5, 0.6) is 0 Å². The quantitative estimate of drug-likeness (QED) is 0.782. The number of halogens is 1. The van der Waals surface area contributed by atoms with Crippen LogP contribution in [0, 0.1) is 5.82 Å². The van der Waals surface area contributed by atoms with Crippen molar-refractivity contribution in [1.29, 1.82) is 0 Å². The van der Waals surface area contributed by atoms with Crippen LogP contribution in [0.15, 0.2) is 55.0 Å². The fourth-order valence-corrected chi connectivity index (χ4v) is 2.49. The number of nitrogens with zero attached hydrogens (tertiary/aromatic N) is 3. The van der Waals surface area contributed by atoms with Gasteiger partial charge in [0.25, 0.3) is 5.91 Å². The van der Waals surface area contributed by atoms with E-state index < -0.39 is 0 Å². The van der Waals surface area contributed by atoms with E-state index in [0.717, 1.165) is 5.56 Å². The van der Waals surface area contributed by atoms with Gasteiger partial charge in [0.05, 0.1) is 17.7 Å². The van der Waals surface area contributed by atoms with E-state index in [9.17, 15) is 14.3 Å². The summed E-state index contributed by atoms with van der Waals surface area (Å²) in [5.74, 6) is -0.650. The van der Waals surface area contributed by atoms with Gasteiger partial charge in [0, 0.05) is 37.1 Å². The number of carbonyl (C=O) groups is 1. The number of rotatable bonds is 5. The smallest absolute Gasteiger partial charge is 0.255 e. The Morgan fingerprint density at radius 1 is 1.21 bits per heavy atom. The summed E-state index contributed by atoms with van der Waals surface area (Å²) in [4.78, 5) is 22.5. The molecule has 0 aliphatic rings. The Balaban J connectivity index is 1.89. The lowest BCUT2D eigenvalue weighted by molar-refractivity contribution is 0.0707. The van der Waals surface area contributed by atoms with E-state index in [1.165, 1.54) is 23.2 Å². The van der Waals surface area contributed by atoms with Crippen molar-refractivity contribution in [2.45, 2.75) is 6.54 Å². The number of carbonyl (C=O) groups excluding carboxylic acids is 1. The van der Waals surface area contributed by atoms with Gasteiger partial charge in [0.1, 0.15) is 5.82 Å². The summed E-state index contributed by atoms with van der Waals surface area (Å²) in [6.45, 7) is 0.366. The Morgan fingerprint density at radius 2 is 2.08 bits per heavy atom. The first kappa shape index (κ1) is 16.0. The number of aliphatic hydroxyl groups is 1. The fourth-order valence-electron chi connectivity index (χ4n) is 2.49. The molecule has 0 bridgehead atoms. The van der Waals surface area contributed by atoms with E-state index >= 15 is 0 Å². The molecular weight excluding hydrogens is 309 g/mol. The van der Waals surface area contributed by atoms with Crippen LogP contribution in [-0.2, 0) is 6.54 Å². The number of hydrogen-bond donors (Lipinski definition) is 1. The van der Waals surface area contributed by atoms with Gasteiger partial charge in [0.2, 0.25) is 0 Å². The standard InChI is InChI=1S/C18H16FN3O2/c19-16-3-4-17-14(9-16)8-15(11-21-17)18(24)22(6-7-23)12-13-2-1-5-20-10-13/h1-5,8-11,23H,6-7,12H2. The van der Waals surface area contributed by atoms with Gasteiger partial charge in [0.15, 0.2) is 0 Å². The number of fused-ring (bicyclic) bond motifs is 1. The van der Waals surface area contributed by atoms with Crippen molar-refractivity contribution >= 4 is 16.8 Å². The zero-order chi connectivity index (χ0) is 16.9. The minimum atomic E-state index is -0.378. The van der Waals surface area contributed by atoms with Gasteiger partial charge in [-0.25, -0.2) is 4.39 Å². The molecule has 0 aliphatic carbocycles. The van der Waals surface area contributed by atoms with Gasteiger partial charge in [-0.05, 0) is 35.9 Å². The molecule has 24 heavy (non-hydrogen) atoms. The van der Waals surface area contributed by atoms with E-state index in [-0.39, 0.29) is 24.9 Å². The molecular formula is C18H16FN3O2. The molecule has 0 fully saturated rings. The Hall–Kier alpha value is -2.86. The normalized spacial score (nSPS) is 10.8. The average molecular weight is 325 g/mol. The molecule has 2 heterocycles. The predicted octanol–water partition coefficient (Wildman–Crippen LogP) is 2.40. The van der Waals surface area contributed by atoms with E-state index in [2.05, 4.69) is 9.97 Å². The van der Waals surface area contributed by atoms with Crippen LogP contribution >= 0.6 is 0 Å². The Kier molecular flexibility index (Phi) is 4.77. The third kappa shape index (κ3) is 3.55. The van der Waals surface area contributed by atoms with Crippen LogP contribution in [0.3, 0.4) is 0 Å². The molecule has 1 amide bonds. The highest BCUT2D eigenvalue weighted by molar-refractivity contribution is 5.97. The molecule has 3 rings (SSSR count). The lowest BCUT2D eigenvalue weighted by Gasteiger charge is -2.21. The highest BCUT2D eigenvalue weighted by Crippen LogP contribution is 2.17. The van der Waals surface area contributed by atoms with E-state index in [1.54, 1.807) is 30.6 Å². The molecule has 5 nitrogen and oxygen atoms in total. The predicted molar refractivity (Wildman–Crippen MR) is 87.8 cm³/mol. The molecule has 0 spiro atoms. The molecule has 2 aromatic heterocycles. The second-order valence-electron chi connectivity index (χ2n) is 5.37. The maximum atomic E-state index is 13.4. The maximum absolute atomic E-state index is 13.4. The Bertz CT molecular complexity index is 855. The van der Waals surface area contributed by atoms with E-state index in [4.69, 9.17) is 0 Å². The summed E-state index contributed by atoms with van der Waals surface area (Å²) in [7, 11) is 0. The van der Waals surface area contributed by atoms with Crippen LogP contribution < -0.4 is 0 Å². The minimum absolute atomic E-state index is 0.151. The highest BCUT2D eigenvalue weighted by Gasteiger charge is 2.17. The number of aromatic nitrogens is 2. The number of aliphatic hydroxyl groups excluding tert-OH is 1. The largest absolute Gasteiger partial charge is 0.395 e. The first-order chi connectivity index (χ1) is 11.7. The van der Waals surface area contributed by atoms with Crippen molar-refractivity contribution in [2.75, 3.05) is 13.2 Å². The van der Waals surface area contributed by atoms with Gasteiger partial charge < -0.3 is 10.0 Å². The highest BCUT2D eigenvalue weighted by atomic mass is 19.1. The van der Waals surface area contributed by atoms with Crippen LogP contribution in [0.2, 0.25) is 0 Å². The molecule has 0 radical (unpaired) electrons. The van der Waals surface area contributed by atoms with Crippen molar-refractivity contribution in [3.05, 3.63) is 71.9 Å². The summed E-state index contributed by atoms with van der Waals surface area (Å²) in [6.07, 6.45) is 4.80. The lowest BCUT2D eigenvalue weighted by Crippen LogP contribution is -2.33. The van der Waals surface area contributed by atoms with Crippen molar-refractivity contribution in [3.8, 4) is 0 Å². The summed E-state index contributed by atoms with van der Waals surface area (Å²) in [6, 6.07) is 9.51. The topological polar surface area (TPSA) is 66.3 Å². The lowest BCUT2D eigenvalue weighted by atomic mass is 10.1. The van der Waals surface area contributed by atoms with Gasteiger partial charge in [-0.15, -0.1) is 0 Å². The number of amides is 1. The zero-order valence-electron chi connectivity index (χ0n) is 12.9. The van der Waals surface area contributed by atoms with Crippen molar-refractivity contribution in [1.82, 2.24) is 14.9 Å². The molecule has 0 saturated heterocycles.